The van der Waals surface area contributed by atoms with Crippen LogP contribution in [0.1, 0.15) is 28.1 Å². The van der Waals surface area contributed by atoms with E-state index in [0.29, 0.717) is 13.0 Å². The molecular weight excluding hydrogens is 372 g/mol. The lowest BCUT2D eigenvalue weighted by atomic mass is 9.96. The van der Waals surface area contributed by atoms with Crippen LogP contribution in [0, 0.1) is 0 Å². The minimum Gasteiger partial charge on any atom is -0.479 e. The molecule has 3 heterocycles. The molecule has 0 saturated heterocycles. The molecule has 4 rings (SSSR count). The number of nitrogens with one attached hydrogen (secondary N) is 1. The first-order valence-corrected chi connectivity index (χ1v) is 9.18. The lowest BCUT2D eigenvalue weighted by Crippen LogP contribution is -2.30. The predicted molar refractivity (Wildman–Crippen MR) is 106 cm³/mol. The van der Waals surface area contributed by atoms with Gasteiger partial charge in [0.25, 0.3) is 11.8 Å². The van der Waals surface area contributed by atoms with Gasteiger partial charge in [-0.25, -0.2) is 0 Å². The van der Waals surface area contributed by atoms with Crippen LogP contribution in [-0.4, -0.2) is 36.1 Å². The Morgan fingerprint density at radius 2 is 2.07 bits per heavy atom. The maximum absolute atomic E-state index is 12.2. The number of fused-ring (bicyclic) bond motifs is 1. The highest BCUT2D eigenvalue weighted by Crippen LogP contribution is 2.31. The van der Waals surface area contributed by atoms with Crippen molar-refractivity contribution in [3.63, 3.8) is 0 Å². The molecule has 0 saturated carbocycles. The summed E-state index contributed by atoms with van der Waals surface area (Å²) in [4.78, 5) is 30.0. The summed E-state index contributed by atoms with van der Waals surface area (Å²) in [6, 6.07) is 9.45. The summed E-state index contributed by atoms with van der Waals surface area (Å²) in [5, 5.41) is 6.39. The second kappa shape index (κ2) is 7.75. The van der Waals surface area contributed by atoms with Crippen LogP contribution in [0.3, 0.4) is 0 Å². The largest absolute Gasteiger partial charge is 0.479 e. The molecule has 0 spiro atoms. The van der Waals surface area contributed by atoms with Crippen LogP contribution in [0.5, 0.6) is 5.88 Å². The summed E-state index contributed by atoms with van der Waals surface area (Å²) >= 11 is 0. The molecule has 8 heteroatoms. The quantitative estimate of drug-likeness (QED) is 0.717. The van der Waals surface area contributed by atoms with Gasteiger partial charge in [-0.2, -0.15) is 0 Å². The van der Waals surface area contributed by atoms with Crippen LogP contribution >= 0.6 is 0 Å². The van der Waals surface area contributed by atoms with E-state index in [1.807, 2.05) is 18.2 Å². The van der Waals surface area contributed by atoms with Gasteiger partial charge < -0.3 is 19.5 Å². The Morgan fingerprint density at radius 1 is 1.21 bits per heavy atom. The fraction of sp³-hybridized carbons (Fsp3) is 0.238. The fourth-order valence-corrected chi connectivity index (χ4v) is 3.31. The Kier molecular flexibility index (Phi) is 4.99. The van der Waals surface area contributed by atoms with Gasteiger partial charge in [0.05, 0.1) is 13.2 Å². The van der Waals surface area contributed by atoms with E-state index in [-0.39, 0.29) is 23.5 Å². The average molecular weight is 392 g/mol. The Balaban J connectivity index is 1.49. The van der Waals surface area contributed by atoms with Gasteiger partial charge in [0.2, 0.25) is 11.7 Å². The van der Waals surface area contributed by atoms with E-state index in [0.717, 1.165) is 34.4 Å². The molecule has 0 unspecified atom stereocenters. The van der Waals surface area contributed by atoms with Crippen molar-refractivity contribution in [2.45, 2.75) is 19.4 Å². The summed E-state index contributed by atoms with van der Waals surface area (Å²) in [6.45, 7) is 0.296. The summed E-state index contributed by atoms with van der Waals surface area (Å²) in [5.74, 6) is 0.0830. The van der Waals surface area contributed by atoms with Gasteiger partial charge >= 0.3 is 0 Å². The zero-order chi connectivity index (χ0) is 20.4. The molecule has 29 heavy (non-hydrogen) atoms. The van der Waals surface area contributed by atoms with E-state index in [9.17, 15) is 9.59 Å². The number of rotatable bonds is 5. The Labute approximate surface area is 167 Å². The third-order valence-corrected chi connectivity index (χ3v) is 4.93. The number of methoxy groups -OCH3 is 1. The van der Waals surface area contributed by atoms with E-state index in [4.69, 9.17) is 9.26 Å². The van der Waals surface area contributed by atoms with Crippen LogP contribution in [0.15, 0.2) is 47.2 Å². The van der Waals surface area contributed by atoms with E-state index >= 15 is 0 Å². The molecule has 2 aromatic heterocycles. The molecule has 148 valence electrons. The second-order valence-corrected chi connectivity index (χ2v) is 6.79. The van der Waals surface area contributed by atoms with E-state index < -0.39 is 0 Å². The minimum atomic E-state index is -0.382. The van der Waals surface area contributed by atoms with Gasteiger partial charge in [0.15, 0.2) is 0 Å². The van der Waals surface area contributed by atoms with Crippen LogP contribution in [-0.2, 0) is 17.8 Å². The normalized spacial score (nSPS) is 13.2. The SMILES string of the molecule is COc1cc(C(=O)NCc2cncc(-c3ccc4c(c3)CCC(=O)N4C)c2)on1. The first-order chi connectivity index (χ1) is 14.0. The smallest absolute Gasteiger partial charge is 0.290 e. The molecule has 3 aromatic rings. The third-order valence-electron chi connectivity index (χ3n) is 4.93. The number of carbonyl (C=O) groups excluding carboxylic acids is 2. The van der Waals surface area contributed by atoms with E-state index in [1.165, 1.54) is 13.2 Å². The highest BCUT2D eigenvalue weighted by atomic mass is 16.5. The molecule has 0 fully saturated rings. The van der Waals surface area contributed by atoms with Crippen LogP contribution in [0.2, 0.25) is 0 Å². The fourth-order valence-electron chi connectivity index (χ4n) is 3.31. The molecule has 0 aliphatic carbocycles. The van der Waals surface area contributed by atoms with Crippen molar-refractivity contribution >= 4 is 17.5 Å². The van der Waals surface area contributed by atoms with Gasteiger partial charge in [-0.15, -0.1) is 0 Å². The summed E-state index contributed by atoms with van der Waals surface area (Å²) in [5.41, 5.74) is 4.91. The lowest BCUT2D eigenvalue weighted by Gasteiger charge is -2.26. The monoisotopic (exact) mass is 392 g/mol. The van der Waals surface area contributed by atoms with Crippen molar-refractivity contribution in [1.29, 1.82) is 0 Å². The van der Waals surface area contributed by atoms with Gasteiger partial charge in [0.1, 0.15) is 0 Å². The lowest BCUT2D eigenvalue weighted by molar-refractivity contribution is -0.118. The molecule has 1 aliphatic rings. The number of carbonyl (C=O) groups is 2. The number of benzene rings is 1. The number of aromatic nitrogens is 2. The Morgan fingerprint density at radius 3 is 2.86 bits per heavy atom. The summed E-state index contributed by atoms with van der Waals surface area (Å²) in [6.07, 6.45) is 4.74. The highest BCUT2D eigenvalue weighted by molar-refractivity contribution is 5.96. The molecule has 1 aliphatic heterocycles. The van der Waals surface area contributed by atoms with E-state index in [2.05, 4.69) is 21.5 Å². The molecule has 0 bridgehead atoms. The van der Waals surface area contributed by atoms with Gasteiger partial charge in [-0.1, -0.05) is 6.07 Å². The molecule has 1 N–H and O–H groups in total. The number of nitrogens with zero attached hydrogens (tertiary/aromatic N) is 3. The summed E-state index contributed by atoms with van der Waals surface area (Å²) < 4.78 is 9.85. The topological polar surface area (TPSA) is 97.6 Å². The standard InChI is InChI=1S/C21H20N4O4/c1-25-17-5-3-14(8-15(17)4-6-20(25)26)16-7-13(10-22-12-16)11-23-21(27)18-9-19(28-2)24-29-18/h3,5,7-10,12H,4,6,11H2,1-2H3,(H,23,27). The van der Waals surface area contributed by atoms with Crippen LogP contribution < -0.4 is 15.0 Å². The van der Waals surface area contributed by atoms with E-state index in [1.54, 1.807) is 24.3 Å². The number of aryl methyl sites for hydroxylation is 1. The first kappa shape index (κ1) is 18.7. The number of ether oxygens (including phenoxy) is 1. The zero-order valence-electron chi connectivity index (χ0n) is 16.1. The van der Waals surface area contributed by atoms with Crippen molar-refractivity contribution in [3.05, 3.63) is 59.6 Å². The molecule has 0 atom stereocenters. The number of hydrogen-bond donors (Lipinski definition) is 1. The Hall–Kier alpha value is -3.68. The maximum Gasteiger partial charge on any atom is 0.290 e. The van der Waals surface area contributed by atoms with Crippen molar-refractivity contribution < 1.29 is 18.8 Å². The van der Waals surface area contributed by atoms with Crippen molar-refractivity contribution in [2.75, 3.05) is 19.1 Å². The number of hydrogen-bond acceptors (Lipinski definition) is 6. The Bertz CT molecular complexity index is 1080. The third kappa shape index (κ3) is 3.82. The predicted octanol–water partition coefficient (Wildman–Crippen LogP) is 2.58. The zero-order valence-corrected chi connectivity index (χ0v) is 16.1. The molecule has 1 aromatic carbocycles. The van der Waals surface area contributed by atoms with Crippen LogP contribution in [0.25, 0.3) is 11.1 Å². The van der Waals surface area contributed by atoms with Gasteiger partial charge in [-0.05, 0) is 46.5 Å². The molecule has 0 radical (unpaired) electrons. The number of pyridine rings is 1. The summed E-state index contributed by atoms with van der Waals surface area (Å²) in [7, 11) is 3.25. The maximum atomic E-state index is 12.2. The number of amides is 2. The average Bonchev–Trinajstić information content (AvgIpc) is 3.24. The second-order valence-electron chi connectivity index (χ2n) is 6.79. The molecule has 8 nitrogen and oxygen atoms in total. The van der Waals surface area contributed by atoms with Gasteiger partial charge in [0, 0.05) is 43.7 Å². The highest BCUT2D eigenvalue weighted by Gasteiger charge is 2.21. The molecule has 2 amide bonds. The number of anilines is 1. The molecular formula is C21H20N4O4. The van der Waals surface area contributed by atoms with Gasteiger partial charge in [-0.3, -0.25) is 14.6 Å². The first-order valence-electron chi connectivity index (χ1n) is 9.18. The van der Waals surface area contributed by atoms with Crippen molar-refractivity contribution in [2.24, 2.45) is 0 Å². The van der Waals surface area contributed by atoms with Crippen molar-refractivity contribution in [3.8, 4) is 17.0 Å². The van der Waals surface area contributed by atoms with Crippen molar-refractivity contribution in [1.82, 2.24) is 15.5 Å². The minimum absolute atomic E-state index is 0.0827. The van der Waals surface area contributed by atoms with Crippen LogP contribution in [0.4, 0.5) is 5.69 Å².